The molecule has 1 unspecified atom stereocenters. The molecule has 4 nitrogen and oxygen atoms in total. The lowest BCUT2D eigenvalue weighted by atomic mass is 10.1. The van der Waals surface area contributed by atoms with Crippen molar-refractivity contribution in [3.63, 3.8) is 0 Å². The van der Waals surface area contributed by atoms with Crippen LogP contribution in [0.15, 0.2) is 29.2 Å². The predicted octanol–water partition coefficient (Wildman–Crippen LogP) is 2.96. The summed E-state index contributed by atoms with van der Waals surface area (Å²) in [6.07, 6.45) is 0. The number of hydrogen-bond donors (Lipinski definition) is 1. The topological polar surface area (TPSA) is 71.4 Å². The standard InChI is InChI=1S/C13H17ClO4S2/c1-9(2)12(13(15)16)19-7-8-20(17,18)11-5-3-10(14)4-6-11/h3-6,9,12H,7-8H2,1-2H3,(H,15,16). The van der Waals surface area contributed by atoms with Gasteiger partial charge in [0.2, 0.25) is 0 Å². The van der Waals surface area contributed by atoms with Crippen molar-refractivity contribution in [2.24, 2.45) is 5.92 Å². The minimum Gasteiger partial charge on any atom is -0.480 e. The van der Waals surface area contributed by atoms with Gasteiger partial charge < -0.3 is 5.11 Å². The van der Waals surface area contributed by atoms with Gasteiger partial charge >= 0.3 is 5.97 Å². The highest BCUT2D eigenvalue weighted by molar-refractivity contribution is 8.01. The summed E-state index contributed by atoms with van der Waals surface area (Å²) in [5, 5.41) is 8.92. The molecule has 0 radical (unpaired) electrons. The highest BCUT2D eigenvalue weighted by Gasteiger charge is 2.23. The Morgan fingerprint density at radius 2 is 1.85 bits per heavy atom. The summed E-state index contributed by atoms with van der Waals surface area (Å²) in [7, 11) is -3.40. The number of thioether (sulfide) groups is 1. The molecule has 0 fully saturated rings. The van der Waals surface area contributed by atoms with E-state index in [1.54, 1.807) is 13.8 Å². The van der Waals surface area contributed by atoms with Crippen LogP contribution in [-0.2, 0) is 14.6 Å². The Morgan fingerprint density at radius 3 is 2.30 bits per heavy atom. The molecule has 0 heterocycles. The van der Waals surface area contributed by atoms with Crippen LogP contribution in [0.3, 0.4) is 0 Å². The van der Waals surface area contributed by atoms with Gasteiger partial charge in [-0.3, -0.25) is 4.79 Å². The summed E-state index contributed by atoms with van der Waals surface area (Å²) < 4.78 is 24.1. The highest BCUT2D eigenvalue weighted by Crippen LogP contribution is 2.22. The smallest absolute Gasteiger partial charge is 0.316 e. The zero-order valence-electron chi connectivity index (χ0n) is 11.2. The second-order valence-electron chi connectivity index (χ2n) is 4.65. The first kappa shape index (κ1) is 17.3. The van der Waals surface area contributed by atoms with Gasteiger partial charge in [-0.25, -0.2) is 8.42 Å². The molecular formula is C13H17ClO4S2. The van der Waals surface area contributed by atoms with Gasteiger partial charge in [0.05, 0.1) is 10.6 Å². The van der Waals surface area contributed by atoms with E-state index < -0.39 is 21.1 Å². The van der Waals surface area contributed by atoms with Crippen molar-refractivity contribution in [2.45, 2.75) is 24.0 Å². The first-order chi connectivity index (χ1) is 9.24. The summed E-state index contributed by atoms with van der Waals surface area (Å²) in [6, 6.07) is 5.96. The normalized spacial score (nSPS) is 13.4. The van der Waals surface area contributed by atoms with Gasteiger partial charge in [-0.2, -0.15) is 0 Å². The fourth-order valence-corrected chi connectivity index (χ4v) is 4.55. The van der Waals surface area contributed by atoms with Gasteiger partial charge in [-0.15, -0.1) is 11.8 Å². The van der Waals surface area contributed by atoms with Crippen LogP contribution in [0.4, 0.5) is 0 Å². The molecular weight excluding hydrogens is 320 g/mol. The second-order valence-corrected chi connectivity index (χ2v) is 8.44. The Bertz CT molecular complexity index is 552. The molecule has 0 aromatic heterocycles. The van der Waals surface area contributed by atoms with E-state index in [1.165, 1.54) is 24.3 Å². The Balaban J connectivity index is 2.64. The zero-order chi connectivity index (χ0) is 15.3. The summed E-state index contributed by atoms with van der Waals surface area (Å²) in [5.74, 6) is -0.791. The number of rotatable bonds is 7. The van der Waals surface area contributed by atoms with Crippen molar-refractivity contribution in [1.82, 2.24) is 0 Å². The molecule has 0 saturated heterocycles. The molecule has 0 aliphatic carbocycles. The van der Waals surface area contributed by atoms with E-state index in [0.29, 0.717) is 5.02 Å². The molecule has 1 aromatic rings. The number of carbonyl (C=O) groups is 1. The van der Waals surface area contributed by atoms with Gasteiger partial charge in [0.25, 0.3) is 0 Å². The van der Waals surface area contributed by atoms with E-state index in [2.05, 4.69) is 0 Å². The number of sulfone groups is 1. The average Bonchev–Trinajstić information content (AvgIpc) is 2.34. The largest absolute Gasteiger partial charge is 0.480 e. The Kier molecular flexibility index (Phi) is 6.36. The Hall–Kier alpha value is -0.720. The van der Waals surface area contributed by atoms with E-state index in [0.717, 1.165) is 11.8 Å². The number of carboxylic acid groups (broad SMARTS) is 1. The molecule has 0 aliphatic rings. The number of hydrogen-bond acceptors (Lipinski definition) is 4. The Morgan fingerprint density at radius 1 is 1.30 bits per heavy atom. The molecule has 7 heteroatoms. The van der Waals surface area contributed by atoms with Crippen LogP contribution in [0.1, 0.15) is 13.8 Å². The molecule has 0 aliphatic heterocycles. The zero-order valence-corrected chi connectivity index (χ0v) is 13.6. The van der Waals surface area contributed by atoms with Crippen molar-refractivity contribution >= 4 is 39.2 Å². The molecule has 0 bridgehead atoms. The van der Waals surface area contributed by atoms with Crippen LogP contribution < -0.4 is 0 Å². The maximum Gasteiger partial charge on any atom is 0.316 e. The molecule has 112 valence electrons. The lowest BCUT2D eigenvalue weighted by Crippen LogP contribution is -2.24. The van der Waals surface area contributed by atoms with Gasteiger partial charge in [-0.1, -0.05) is 25.4 Å². The van der Waals surface area contributed by atoms with Crippen molar-refractivity contribution in [3.05, 3.63) is 29.3 Å². The fourth-order valence-electron chi connectivity index (χ4n) is 1.59. The van der Waals surface area contributed by atoms with Crippen LogP contribution in [0, 0.1) is 5.92 Å². The quantitative estimate of drug-likeness (QED) is 0.828. The number of benzene rings is 1. The van der Waals surface area contributed by atoms with E-state index in [-0.39, 0.29) is 22.3 Å². The van der Waals surface area contributed by atoms with E-state index in [4.69, 9.17) is 16.7 Å². The average molecular weight is 337 g/mol. The minimum absolute atomic E-state index is 0.0456. The summed E-state index contributed by atoms with van der Waals surface area (Å²) in [6.45, 7) is 3.61. The number of carboxylic acids is 1. The Labute approximate surface area is 128 Å². The third-order valence-corrected chi connectivity index (χ3v) is 6.46. The van der Waals surface area contributed by atoms with E-state index in [9.17, 15) is 13.2 Å². The maximum absolute atomic E-state index is 12.1. The lowest BCUT2D eigenvalue weighted by molar-refractivity contribution is -0.137. The second kappa shape index (κ2) is 7.33. The van der Waals surface area contributed by atoms with Crippen LogP contribution in [0.2, 0.25) is 5.02 Å². The van der Waals surface area contributed by atoms with Crippen LogP contribution in [0.5, 0.6) is 0 Å². The summed E-state index contributed by atoms with van der Waals surface area (Å²) in [5.41, 5.74) is 0. The van der Waals surface area contributed by atoms with Crippen LogP contribution in [0.25, 0.3) is 0 Å². The summed E-state index contributed by atoms with van der Waals surface area (Å²) >= 11 is 6.87. The molecule has 20 heavy (non-hydrogen) atoms. The predicted molar refractivity (Wildman–Crippen MR) is 82.2 cm³/mol. The third kappa shape index (κ3) is 5.00. The van der Waals surface area contributed by atoms with E-state index in [1.807, 2.05) is 0 Å². The molecule has 1 atom stereocenters. The molecule has 1 N–H and O–H groups in total. The molecule has 1 rings (SSSR count). The van der Waals surface area contributed by atoms with Crippen LogP contribution >= 0.6 is 23.4 Å². The highest BCUT2D eigenvalue weighted by atomic mass is 35.5. The first-order valence-corrected chi connectivity index (χ1v) is 9.14. The number of aliphatic carboxylic acids is 1. The van der Waals surface area contributed by atoms with Gasteiger partial charge in [0.15, 0.2) is 9.84 Å². The minimum atomic E-state index is -3.40. The van der Waals surface area contributed by atoms with Crippen molar-refractivity contribution < 1.29 is 18.3 Å². The molecule has 0 saturated carbocycles. The van der Waals surface area contributed by atoms with Crippen molar-refractivity contribution in [2.75, 3.05) is 11.5 Å². The molecule has 0 spiro atoms. The van der Waals surface area contributed by atoms with Crippen LogP contribution in [-0.4, -0.2) is 36.2 Å². The van der Waals surface area contributed by atoms with Gasteiger partial charge in [-0.05, 0) is 30.2 Å². The SMILES string of the molecule is CC(C)C(SCCS(=O)(=O)c1ccc(Cl)cc1)C(=O)O. The monoisotopic (exact) mass is 336 g/mol. The fraction of sp³-hybridized carbons (Fsp3) is 0.462. The van der Waals surface area contributed by atoms with Crippen molar-refractivity contribution in [3.8, 4) is 0 Å². The van der Waals surface area contributed by atoms with Crippen molar-refractivity contribution in [1.29, 1.82) is 0 Å². The third-order valence-electron chi connectivity index (χ3n) is 2.67. The lowest BCUT2D eigenvalue weighted by Gasteiger charge is -2.15. The van der Waals surface area contributed by atoms with Gasteiger partial charge in [0.1, 0.15) is 5.25 Å². The first-order valence-electron chi connectivity index (χ1n) is 6.07. The summed E-state index contributed by atoms with van der Waals surface area (Å²) in [4.78, 5) is 11.2. The molecule has 0 amide bonds. The van der Waals surface area contributed by atoms with Gasteiger partial charge in [0, 0.05) is 10.8 Å². The number of halogens is 1. The molecule has 1 aromatic carbocycles. The maximum atomic E-state index is 12.1. The van der Waals surface area contributed by atoms with E-state index >= 15 is 0 Å².